The molecule has 5 nitrogen and oxygen atoms in total. The molecule has 118 valence electrons. The largest absolute Gasteiger partial charge is 0.481 e. The highest BCUT2D eigenvalue weighted by Gasteiger charge is 2.15. The molecule has 0 amide bonds. The van der Waals surface area contributed by atoms with Crippen molar-refractivity contribution >= 4 is 29.9 Å². The van der Waals surface area contributed by atoms with Crippen molar-refractivity contribution in [1.82, 2.24) is 15.6 Å². The van der Waals surface area contributed by atoms with E-state index < -0.39 is 0 Å². The number of pyridine rings is 1. The number of ether oxygens (including phenoxy) is 1. The van der Waals surface area contributed by atoms with Crippen molar-refractivity contribution in [2.75, 3.05) is 13.7 Å². The Morgan fingerprint density at radius 1 is 1.38 bits per heavy atom. The van der Waals surface area contributed by atoms with E-state index in [4.69, 9.17) is 4.74 Å². The molecule has 6 heteroatoms. The smallest absolute Gasteiger partial charge is 0.213 e. The average Bonchev–Trinajstić information content (AvgIpc) is 2.98. The van der Waals surface area contributed by atoms with Gasteiger partial charge in [-0.1, -0.05) is 18.9 Å². The van der Waals surface area contributed by atoms with Gasteiger partial charge >= 0.3 is 0 Å². The van der Waals surface area contributed by atoms with E-state index >= 15 is 0 Å². The maximum absolute atomic E-state index is 5.13. The van der Waals surface area contributed by atoms with Gasteiger partial charge in [0.2, 0.25) is 5.88 Å². The quantitative estimate of drug-likeness (QED) is 0.450. The van der Waals surface area contributed by atoms with Crippen molar-refractivity contribution in [3.05, 3.63) is 23.9 Å². The monoisotopic (exact) mass is 404 g/mol. The van der Waals surface area contributed by atoms with Crippen molar-refractivity contribution in [1.29, 1.82) is 0 Å². The van der Waals surface area contributed by atoms with Gasteiger partial charge in [0.05, 0.1) is 19.3 Å². The molecule has 2 N–H and O–H groups in total. The normalized spacial score (nSPS) is 15.4. The lowest BCUT2D eigenvalue weighted by Crippen LogP contribution is -2.42. The topological polar surface area (TPSA) is 58.5 Å². The first-order valence-corrected chi connectivity index (χ1v) is 7.36. The molecule has 0 radical (unpaired) electrons. The molecule has 1 heterocycles. The van der Waals surface area contributed by atoms with Gasteiger partial charge in [0.25, 0.3) is 0 Å². The molecule has 1 aliphatic rings. The van der Waals surface area contributed by atoms with Crippen LogP contribution in [0.4, 0.5) is 0 Å². The molecule has 0 aromatic carbocycles. The third kappa shape index (κ3) is 6.07. The highest BCUT2D eigenvalue weighted by atomic mass is 127. The van der Waals surface area contributed by atoms with Gasteiger partial charge in [-0.15, -0.1) is 24.0 Å². The van der Waals surface area contributed by atoms with Gasteiger partial charge in [0.1, 0.15) is 0 Å². The molecule has 0 bridgehead atoms. The first-order valence-electron chi connectivity index (χ1n) is 7.36. The van der Waals surface area contributed by atoms with Crippen LogP contribution in [0.15, 0.2) is 23.2 Å². The van der Waals surface area contributed by atoms with Gasteiger partial charge in [-0.2, -0.15) is 0 Å². The summed E-state index contributed by atoms with van der Waals surface area (Å²) in [5.41, 5.74) is 0.910. The second kappa shape index (κ2) is 9.81. The van der Waals surface area contributed by atoms with Gasteiger partial charge in [-0.25, -0.2) is 9.98 Å². The minimum atomic E-state index is 0. The molecule has 1 aromatic rings. The van der Waals surface area contributed by atoms with Crippen LogP contribution in [-0.4, -0.2) is 30.6 Å². The number of aromatic nitrogens is 1. The number of aliphatic imine (C=N–C) groups is 1. The maximum Gasteiger partial charge on any atom is 0.213 e. The third-order valence-corrected chi connectivity index (χ3v) is 3.43. The Morgan fingerprint density at radius 3 is 2.81 bits per heavy atom. The minimum Gasteiger partial charge on any atom is -0.481 e. The van der Waals surface area contributed by atoms with E-state index in [0.29, 0.717) is 18.5 Å². The standard InChI is InChI=1S/C15H24N4O.HI/c1-3-16-15(19-12-7-4-5-8-12)17-11-13-9-6-10-14(18-13)20-2;/h6,9-10,12H,3-5,7-8,11H2,1-2H3,(H2,16,17,19);1H. The van der Waals surface area contributed by atoms with Gasteiger partial charge in [0.15, 0.2) is 5.96 Å². The highest BCUT2D eigenvalue weighted by Crippen LogP contribution is 2.17. The van der Waals surface area contributed by atoms with Crippen LogP contribution < -0.4 is 15.4 Å². The number of methoxy groups -OCH3 is 1. The van der Waals surface area contributed by atoms with E-state index in [1.807, 2.05) is 18.2 Å². The summed E-state index contributed by atoms with van der Waals surface area (Å²) < 4.78 is 5.13. The zero-order valence-corrected chi connectivity index (χ0v) is 15.1. The second-order valence-corrected chi connectivity index (χ2v) is 4.99. The number of hydrogen-bond acceptors (Lipinski definition) is 3. The zero-order valence-electron chi connectivity index (χ0n) is 12.8. The van der Waals surface area contributed by atoms with Crippen LogP contribution in [0.2, 0.25) is 0 Å². The lowest BCUT2D eigenvalue weighted by molar-refractivity contribution is 0.396. The molecule has 0 spiro atoms. The molecule has 1 fully saturated rings. The molecule has 0 saturated heterocycles. The van der Waals surface area contributed by atoms with Gasteiger partial charge < -0.3 is 15.4 Å². The van der Waals surface area contributed by atoms with Crippen LogP contribution in [0, 0.1) is 0 Å². The van der Waals surface area contributed by atoms with Crippen molar-refractivity contribution in [3.8, 4) is 5.88 Å². The Morgan fingerprint density at radius 2 is 2.14 bits per heavy atom. The summed E-state index contributed by atoms with van der Waals surface area (Å²) >= 11 is 0. The summed E-state index contributed by atoms with van der Waals surface area (Å²) in [4.78, 5) is 8.97. The number of hydrogen-bond donors (Lipinski definition) is 2. The third-order valence-electron chi connectivity index (χ3n) is 3.43. The van der Waals surface area contributed by atoms with E-state index in [-0.39, 0.29) is 24.0 Å². The van der Waals surface area contributed by atoms with Crippen LogP contribution >= 0.6 is 24.0 Å². The SMILES string of the molecule is CCNC(=NCc1cccc(OC)n1)NC1CCCC1.I. The molecule has 1 aromatic heterocycles. The maximum atomic E-state index is 5.13. The second-order valence-electron chi connectivity index (χ2n) is 4.99. The van der Waals surface area contributed by atoms with E-state index in [1.54, 1.807) is 7.11 Å². The van der Waals surface area contributed by atoms with Crippen LogP contribution in [0.1, 0.15) is 38.3 Å². The first-order chi connectivity index (χ1) is 9.81. The number of guanidine groups is 1. The summed E-state index contributed by atoms with van der Waals surface area (Å²) in [5, 5.41) is 6.78. The van der Waals surface area contributed by atoms with Crippen molar-refractivity contribution in [3.63, 3.8) is 0 Å². The van der Waals surface area contributed by atoms with Crippen LogP contribution in [0.3, 0.4) is 0 Å². The van der Waals surface area contributed by atoms with Gasteiger partial charge in [0, 0.05) is 18.7 Å². The fraction of sp³-hybridized carbons (Fsp3) is 0.600. The summed E-state index contributed by atoms with van der Waals surface area (Å²) in [7, 11) is 1.63. The molecule has 1 aliphatic carbocycles. The van der Waals surface area contributed by atoms with Crippen LogP contribution in [0.5, 0.6) is 5.88 Å². The molecule has 21 heavy (non-hydrogen) atoms. The van der Waals surface area contributed by atoms with E-state index in [2.05, 4.69) is 27.5 Å². The molecule has 0 aliphatic heterocycles. The predicted molar refractivity (Wildman–Crippen MR) is 96.4 cm³/mol. The van der Waals surface area contributed by atoms with Crippen LogP contribution in [-0.2, 0) is 6.54 Å². The predicted octanol–water partition coefficient (Wildman–Crippen LogP) is 2.71. The summed E-state index contributed by atoms with van der Waals surface area (Å²) in [5.74, 6) is 1.51. The molecule has 1 saturated carbocycles. The van der Waals surface area contributed by atoms with Crippen molar-refractivity contribution in [2.45, 2.75) is 45.2 Å². The number of rotatable bonds is 5. The van der Waals surface area contributed by atoms with Crippen molar-refractivity contribution in [2.24, 2.45) is 4.99 Å². The van der Waals surface area contributed by atoms with Crippen LogP contribution in [0.25, 0.3) is 0 Å². The molecule has 2 rings (SSSR count). The summed E-state index contributed by atoms with van der Waals surface area (Å²) in [6, 6.07) is 6.31. The lowest BCUT2D eigenvalue weighted by Gasteiger charge is -2.16. The van der Waals surface area contributed by atoms with Crippen molar-refractivity contribution < 1.29 is 4.74 Å². The molecule has 0 atom stereocenters. The average molecular weight is 404 g/mol. The summed E-state index contributed by atoms with van der Waals surface area (Å²) in [6.07, 6.45) is 5.10. The molecular weight excluding hydrogens is 379 g/mol. The first kappa shape index (κ1) is 18.0. The number of nitrogens with zero attached hydrogens (tertiary/aromatic N) is 2. The number of nitrogens with one attached hydrogen (secondary N) is 2. The fourth-order valence-corrected chi connectivity index (χ4v) is 2.40. The van der Waals surface area contributed by atoms with E-state index in [1.165, 1.54) is 25.7 Å². The van der Waals surface area contributed by atoms with E-state index in [9.17, 15) is 0 Å². The zero-order chi connectivity index (χ0) is 14.2. The van der Waals surface area contributed by atoms with Gasteiger partial charge in [-0.05, 0) is 25.8 Å². The minimum absolute atomic E-state index is 0. The Hall–Kier alpha value is -1.05. The highest BCUT2D eigenvalue weighted by molar-refractivity contribution is 14.0. The fourth-order valence-electron chi connectivity index (χ4n) is 2.40. The number of halogens is 1. The Bertz CT molecular complexity index is 447. The Labute approximate surface area is 144 Å². The molecular formula is C15H25IN4O. The van der Waals surface area contributed by atoms with Gasteiger partial charge in [-0.3, -0.25) is 0 Å². The Balaban J connectivity index is 0.00000220. The van der Waals surface area contributed by atoms with E-state index in [0.717, 1.165) is 18.2 Å². The Kier molecular flexibility index (Phi) is 8.41. The summed E-state index contributed by atoms with van der Waals surface area (Å²) in [6.45, 7) is 3.50. The molecule has 0 unspecified atom stereocenters. The lowest BCUT2D eigenvalue weighted by atomic mass is 10.2.